The van der Waals surface area contributed by atoms with E-state index >= 15 is 0 Å². The molecule has 1 saturated heterocycles. The summed E-state index contributed by atoms with van der Waals surface area (Å²) in [6, 6.07) is 1.95. The minimum absolute atomic E-state index is 0.231. The molecule has 1 unspecified atom stereocenters. The number of halogens is 1. The largest absolute Gasteiger partial charge is 0.444 e. The first kappa shape index (κ1) is 17.1. The van der Waals surface area contributed by atoms with Gasteiger partial charge in [-0.3, -0.25) is 4.98 Å². The molecule has 0 bridgehead atoms. The third-order valence-corrected chi connectivity index (χ3v) is 4.23. The van der Waals surface area contributed by atoms with E-state index in [1.54, 1.807) is 11.1 Å². The number of anilines is 1. The van der Waals surface area contributed by atoms with Crippen LogP contribution in [0.15, 0.2) is 12.3 Å². The standard InChI is InChI=1S/C16H24BrN3O2/c1-16(2,3)22-15(21)20-6-4-5-11(10-20)14-12(8-17)7-13(18)9-19-14/h7,9,11H,4-6,8,10,18H2,1-3H3. The Labute approximate surface area is 140 Å². The van der Waals surface area contributed by atoms with Crippen LogP contribution in [0.3, 0.4) is 0 Å². The van der Waals surface area contributed by atoms with Gasteiger partial charge in [-0.1, -0.05) is 15.9 Å². The molecule has 0 aromatic carbocycles. The SMILES string of the molecule is CC(C)(C)OC(=O)N1CCCC(c2ncc(N)cc2CBr)C1. The van der Waals surface area contributed by atoms with E-state index in [1.807, 2.05) is 26.8 Å². The van der Waals surface area contributed by atoms with Gasteiger partial charge in [-0.2, -0.15) is 0 Å². The lowest BCUT2D eigenvalue weighted by molar-refractivity contribution is 0.0197. The first-order chi connectivity index (χ1) is 10.3. The maximum Gasteiger partial charge on any atom is 0.410 e. The zero-order valence-corrected chi connectivity index (χ0v) is 15.0. The predicted molar refractivity (Wildman–Crippen MR) is 91.1 cm³/mol. The van der Waals surface area contributed by atoms with E-state index in [-0.39, 0.29) is 12.0 Å². The van der Waals surface area contributed by atoms with Gasteiger partial charge in [-0.05, 0) is 45.2 Å². The van der Waals surface area contributed by atoms with Gasteiger partial charge < -0.3 is 15.4 Å². The average Bonchev–Trinajstić information content (AvgIpc) is 2.45. The molecule has 2 heterocycles. The number of aromatic nitrogens is 1. The molecule has 0 aliphatic carbocycles. The molecule has 0 spiro atoms. The van der Waals surface area contributed by atoms with E-state index in [0.717, 1.165) is 30.6 Å². The third-order valence-electron chi connectivity index (χ3n) is 3.63. The molecule has 2 N–H and O–H groups in total. The van der Waals surface area contributed by atoms with Gasteiger partial charge in [0, 0.05) is 30.0 Å². The highest BCUT2D eigenvalue weighted by Gasteiger charge is 2.29. The van der Waals surface area contributed by atoms with Crippen LogP contribution in [-0.2, 0) is 10.1 Å². The zero-order chi connectivity index (χ0) is 16.3. The van der Waals surface area contributed by atoms with Crippen molar-refractivity contribution in [3.63, 3.8) is 0 Å². The van der Waals surface area contributed by atoms with Gasteiger partial charge in [0.25, 0.3) is 0 Å². The second-order valence-corrected chi connectivity index (χ2v) is 7.27. The second kappa shape index (κ2) is 6.86. The Hall–Kier alpha value is -1.30. The smallest absolute Gasteiger partial charge is 0.410 e. The van der Waals surface area contributed by atoms with Gasteiger partial charge in [0.2, 0.25) is 0 Å². The van der Waals surface area contributed by atoms with Gasteiger partial charge >= 0.3 is 6.09 Å². The van der Waals surface area contributed by atoms with Crippen LogP contribution in [0.1, 0.15) is 50.8 Å². The van der Waals surface area contributed by atoms with Crippen LogP contribution in [0.4, 0.5) is 10.5 Å². The zero-order valence-electron chi connectivity index (χ0n) is 13.4. The summed E-state index contributed by atoms with van der Waals surface area (Å²) in [6.07, 6.45) is 3.43. The molecule has 1 aliphatic rings. The number of ether oxygens (including phenoxy) is 1. The number of nitrogen functional groups attached to an aromatic ring is 1. The van der Waals surface area contributed by atoms with E-state index in [0.29, 0.717) is 17.6 Å². The molecule has 0 radical (unpaired) electrons. The maximum atomic E-state index is 12.3. The Morgan fingerprint density at radius 3 is 2.91 bits per heavy atom. The van der Waals surface area contributed by atoms with Crippen molar-refractivity contribution in [1.82, 2.24) is 9.88 Å². The predicted octanol–water partition coefficient (Wildman–Crippen LogP) is 3.67. The Morgan fingerprint density at radius 2 is 2.27 bits per heavy atom. The van der Waals surface area contributed by atoms with Crippen molar-refractivity contribution < 1.29 is 9.53 Å². The molecular weight excluding hydrogens is 346 g/mol. The van der Waals surface area contributed by atoms with Gasteiger partial charge in [0.1, 0.15) is 5.60 Å². The van der Waals surface area contributed by atoms with Crippen LogP contribution in [0.5, 0.6) is 0 Å². The number of piperidine rings is 1. The summed E-state index contributed by atoms with van der Waals surface area (Å²) in [5.41, 5.74) is 8.13. The Bertz CT molecular complexity index is 543. The molecule has 1 amide bonds. The van der Waals surface area contributed by atoms with E-state index in [4.69, 9.17) is 10.5 Å². The number of carbonyl (C=O) groups is 1. The summed E-state index contributed by atoms with van der Waals surface area (Å²) in [5.74, 6) is 0.231. The molecule has 0 saturated carbocycles. The number of carbonyl (C=O) groups excluding carboxylic acids is 1. The topological polar surface area (TPSA) is 68.5 Å². The van der Waals surface area contributed by atoms with Crippen LogP contribution in [0.25, 0.3) is 0 Å². The minimum atomic E-state index is -0.468. The number of amides is 1. The summed E-state index contributed by atoms with van der Waals surface area (Å²) in [6.45, 7) is 7.04. The van der Waals surface area contributed by atoms with Crippen molar-refractivity contribution in [2.45, 2.75) is 50.5 Å². The van der Waals surface area contributed by atoms with Crippen LogP contribution in [0.2, 0.25) is 0 Å². The number of nitrogens with zero attached hydrogens (tertiary/aromatic N) is 2. The first-order valence-electron chi connectivity index (χ1n) is 7.58. The number of alkyl halides is 1. The lowest BCUT2D eigenvalue weighted by Crippen LogP contribution is -2.42. The summed E-state index contributed by atoms with van der Waals surface area (Å²) in [4.78, 5) is 18.5. The Balaban J connectivity index is 2.12. The van der Waals surface area contributed by atoms with Crippen molar-refractivity contribution >= 4 is 27.7 Å². The van der Waals surface area contributed by atoms with E-state index < -0.39 is 5.60 Å². The first-order valence-corrected chi connectivity index (χ1v) is 8.70. The van der Waals surface area contributed by atoms with Gasteiger partial charge in [-0.15, -0.1) is 0 Å². The lowest BCUT2D eigenvalue weighted by atomic mass is 9.92. The van der Waals surface area contributed by atoms with Gasteiger partial charge in [0.15, 0.2) is 0 Å². The molecule has 1 aromatic heterocycles. The normalized spacial score (nSPS) is 19.1. The number of nitrogens with two attached hydrogens (primary N) is 1. The number of likely N-dealkylation sites (tertiary alicyclic amines) is 1. The van der Waals surface area contributed by atoms with Crippen LogP contribution >= 0.6 is 15.9 Å². The molecule has 1 aromatic rings. The molecule has 5 nitrogen and oxygen atoms in total. The quantitative estimate of drug-likeness (QED) is 0.807. The van der Waals surface area contributed by atoms with Crippen molar-refractivity contribution in [1.29, 1.82) is 0 Å². The highest BCUT2D eigenvalue weighted by Crippen LogP contribution is 2.30. The molecular formula is C16H24BrN3O2. The Kier molecular flexibility index (Phi) is 5.32. The molecule has 1 atom stereocenters. The van der Waals surface area contributed by atoms with Crippen molar-refractivity contribution in [3.05, 3.63) is 23.5 Å². The maximum absolute atomic E-state index is 12.3. The van der Waals surface area contributed by atoms with Gasteiger partial charge in [0.05, 0.1) is 11.9 Å². The molecule has 22 heavy (non-hydrogen) atoms. The fourth-order valence-electron chi connectivity index (χ4n) is 2.71. The van der Waals surface area contributed by atoms with Gasteiger partial charge in [-0.25, -0.2) is 4.79 Å². The van der Waals surface area contributed by atoms with E-state index in [2.05, 4.69) is 20.9 Å². The summed E-state index contributed by atoms with van der Waals surface area (Å²) < 4.78 is 5.47. The van der Waals surface area contributed by atoms with Crippen molar-refractivity contribution in [2.24, 2.45) is 0 Å². The summed E-state index contributed by atoms with van der Waals surface area (Å²) in [5, 5.41) is 0.712. The number of pyridine rings is 1. The second-order valence-electron chi connectivity index (χ2n) is 6.71. The summed E-state index contributed by atoms with van der Waals surface area (Å²) >= 11 is 3.49. The van der Waals surface area contributed by atoms with Crippen LogP contribution in [-0.4, -0.2) is 34.7 Å². The summed E-state index contributed by atoms with van der Waals surface area (Å²) in [7, 11) is 0. The lowest BCUT2D eigenvalue weighted by Gasteiger charge is -2.34. The minimum Gasteiger partial charge on any atom is -0.444 e. The monoisotopic (exact) mass is 369 g/mol. The third kappa shape index (κ3) is 4.35. The van der Waals surface area contributed by atoms with Crippen molar-refractivity contribution in [3.8, 4) is 0 Å². The average molecular weight is 370 g/mol. The fraction of sp³-hybridized carbons (Fsp3) is 0.625. The molecule has 2 rings (SSSR count). The molecule has 6 heteroatoms. The number of hydrogen-bond acceptors (Lipinski definition) is 4. The highest BCUT2D eigenvalue weighted by atomic mass is 79.9. The highest BCUT2D eigenvalue weighted by molar-refractivity contribution is 9.08. The van der Waals surface area contributed by atoms with E-state index in [1.165, 1.54) is 0 Å². The van der Waals surface area contributed by atoms with Crippen molar-refractivity contribution in [2.75, 3.05) is 18.8 Å². The number of rotatable bonds is 2. The fourth-order valence-corrected chi connectivity index (χ4v) is 3.16. The number of hydrogen-bond donors (Lipinski definition) is 1. The molecule has 1 fully saturated rings. The van der Waals surface area contributed by atoms with E-state index in [9.17, 15) is 4.79 Å². The molecule has 1 aliphatic heterocycles. The Morgan fingerprint density at radius 1 is 1.55 bits per heavy atom. The molecule has 122 valence electrons. The van der Waals surface area contributed by atoms with Crippen LogP contribution in [0, 0.1) is 0 Å². The van der Waals surface area contributed by atoms with Crippen LogP contribution < -0.4 is 5.73 Å².